The molecule has 3 nitrogen and oxygen atoms in total. The average Bonchev–Trinajstić information content (AvgIpc) is 2.69. The topological polar surface area (TPSA) is 29.3 Å². The van der Waals surface area contributed by atoms with Crippen LogP contribution in [0.25, 0.3) is 5.65 Å². The van der Waals surface area contributed by atoms with Crippen LogP contribution in [0.1, 0.15) is 26.5 Å². The molecule has 2 aromatic heterocycles. The Morgan fingerprint density at radius 1 is 1.47 bits per heavy atom. The van der Waals surface area contributed by atoms with E-state index in [9.17, 15) is 0 Å². The van der Waals surface area contributed by atoms with Gasteiger partial charge in [0.2, 0.25) is 0 Å². The fourth-order valence-electron chi connectivity index (χ4n) is 1.53. The molecule has 1 atom stereocenters. The quantitative estimate of drug-likeness (QED) is 0.847. The number of hydrogen-bond donors (Lipinski definition) is 1. The second-order valence-electron chi connectivity index (χ2n) is 4.89. The molecule has 0 aromatic carbocycles. The van der Waals surface area contributed by atoms with Crippen LogP contribution in [-0.4, -0.2) is 20.3 Å². The maximum atomic E-state index is 6.13. The summed E-state index contributed by atoms with van der Waals surface area (Å²) in [5, 5.41) is 3.50. The molecule has 0 aliphatic carbocycles. The summed E-state index contributed by atoms with van der Waals surface area (Å²) in [5.41, 5.74) is 1.90. The highest BCUT2D eigenvalue weighted by molar-refractivity contribution is 6.21. The zero-order valence-corrected chi connectivity index (χ0v) is 11.2. The fourth-order valence-corrected chi connectivity index (χ4v) is 1.61. The number of halogens is 1. The van der Waals surface area contributed by atoms with Gasteiger partial charge in [-0.25, -0.2) is 4.98 Å². The van der Waals surface area contributed by atoms with E-state index < -0.39 is 0 Å². The van der Waals surface area contributed by atoms with E-state index in [2.05, 4.69) is 24.1 Å². The van der Waals surface area contributed by atoms with Crippen LogP contribution >= 0.6 is 11.6 Å². The van der Waals surface area contributed by atoms with Gasteiger partial charge in [0.25, 0.3) is 0 Å². The van der Waals surface area contributed by atoms with Crippen LogP contribution in [0, 0.1) is 0 Å². The smallest absolute Gasteiger partial charge is 0.137 e. The van der Waals surface area contributed by atoms with Crippen molar-refractivity contribution in [3.63, 3.8) is 0 Å². The third-order valence-electron chi connectivity index (χ3n) is 3.13. The van der Waals surface area contributed by atoms with Crippen molar-refractivity contribution in [2.24, 2.45) is 0 Å². The van der Waals surface area contributed by atoms with Gasteiger partial charge in [0.15, 0.2) is 0 Å². The Balaban J connectivity index is 2.09. The number of nitrogens with zero attached hydrogens (tertiary/aromatic N) is 2. The van der Waals surface area contributed by atoms with Gasteiger partial charge in [-0.3, -0.25) is 0 Å². The molecule has 0 aliphatic heterocycles. The molecule has 0 saturated carbocycles. The Bertz CT molecular complexity index is 469. The van der Waals surface area contributed by atoms with Gasteiger partial charge < -0.3 is 9.72 Å². The second-order valence-corrected chi connectivity index (χ2v) is 5.54. The fraction of sp³-hybridized carbons (Fsp3) is 0.462. The lowest BCUT2D eigenvalue weighted by molar-refractivity contribution is 0.378. The number of aromatic nitrogens is 2. The third-order valence-corrected chi connectivity index (χ3v) is 3.68. The van der Waals surface area contributed by atoms with Gasteiger partial charge in [-0.1, -0.05) is 6.07 Å². The van der Waals surface area contributed by atoms with E-state index in [0.717, 1.165) is 17.9 Å². The predicted molar refractivity (Wildman–Crippen MR) is 71.4 cm³/mol. The second kappa shape index (κ2) is 4.67. The molecule has 0 spiro atoms. The van der Waals surface area contributed by atoms with E-state index in [1.807, 2.05) is 41.9 Å². The highest BCUT2D eigenvalue weighted by atomic mass is 35.5. The van der Waals surface area contributed by atoms with Crippen molar-refractivity contribution in [3.05, 3.63) is 36.3 Å². The molecule has 2 heterocycles. The van der Waals surface area contributed by atoms with Crippen LogP contribution in [0.5, 0.6) is 0 Å². The minimum Gasteiger partial charge on any atom is -0.307 e. The van der Waals surface area contributed by atoms with Gasteiger partial charge >= 0.3 is 0 Å². The van der Waals surface area contributed by atoms with Crippen LogP contribution in [0.3, 0.4) is 0 Å². The zero-order valence-electron chi connectivity index (χ0n) is 10.4. The number of hydrogen-bond acceptors (Lipinski definition) is 2. The number of rotatable bonds is 4. The first-order chi connectivity index (χ1) is 7.99. The highest BCUT2D eigenvalue weighted by Gasteiger charge is 2.23. The van der Waals surface area contributed by atoms with Gasteiger partial charge in [0.05, 0.1) is 5.69 Å². The Morgan fingerprint density at radius 2 is 2.24 bits per heavy atom. The molecule has 1 unspecified atom stereocenters. The number of fused-ring (bicyclic) bond motifs is 1. The lowest BCUT2D eigenvalue weighted by Gasteiger charge is -2.28. The SMILES string of the molecule is CC(Cl)C(C)(C)NCc1cn2ccccc2n1. The lowest BCUT2D eigenvalue weighted by Crippen LogP contribution is -2.45. The van der Waals surface area contributed by atoms with Gasteiger partial charge in [0, 0.05) is 29.9 Å². The summed E-state index contributed by atoms with van der Waals surface area (Å²) in [4.78, 5) is 4.53. The lowest BCUT2D eigenvalue weighted by atomic mass is 10.0. The molecule has 2 aromatic rings. The van der Waals surface area contributed by atoms with Gasteiger partial charge in [-0.15, -0.1) is 11.6 Å². The molecule has 1 N–H and O–H groups in total. The molecule has 0 aliphatic rings. The Morgan fingerprint density at radius 3 is 2.88 bits per heavy atom. The first-order valence-corrected chi connectivity index (χ1v) is 6.24. The van der Waals surface area contributed by atoms with Crippen LogP contribution in [0.2, 0.25) is 0 Å². The molecule has 0 amide bonds. The summed E-state index contributed by atoms with van der Waals surface area (Å²) in [7, 11) is 0. The van der Waals surface area contributed by atoms with E-state index in [-0.39, 0.29) is 10.9 Å². The van der Waals surface area contributed by atoms with Crippen LogP contribution in [-0.2, 0) is 6.54 Å². The molecule has 0 radical (unpaired) electrons. The van der Waals surface area contributed by atoms with E-state index in [4.69, 9.17) is 11.6 Å². The van der Waals surface area contributed by atoms with Crippen molar-refractivity contribution < 1.29 is 0 Å². The summed E-state index contributed by atoms with van der Waals surface area (Å²) in [6.45, 7) is 6.92. The molecule has 2 rings (SSSR count). The van der Waals surface area contributed by atoms with Crippen molar-refractivity contribution in [2.45, 2.75) is 38.2 Å². The van der Waals surface area contributed by atoms with Crippen LogP contribution < -0.4 is 5.32 Å². The minimum atomic E-state index is -0.0998. The first-order valence-electron chi connectivity index (χ1n) is 5.81. The Hall–Kier alpha value is -1.06. The van der Waals surface area contributed by atoms with E-state index in [0.29, 0.717) is 0 Å². The minimum absolute atomic E-state index is 0.0690. The van der Waals surface area contributed by atoms with Crippen molar-refractivity contribution >= 4 is 17.2 Å². The van der Waals surface area contributed by atoms with Crippen LogP contribution in [0.4, 0.5) is 0 Å². The normalized spacial score (nSPS) is 14.1. The molecule has 0 saturated heterocycles. The van der Waals surface area contributed by atoms with E-state index in [1.54, 1.807) is 0 Å². The molecule has 0 fully saturated rings. The molecule has 0 bridgehead atoms. The number of alkyl halides is 1. The molecular formula is C13H18ClN3. The standard InChI is InChI=1S/C13H18ClN3/c1-10(14)13(2,3)15-8-11-9-17-7-5-4-6-12(17)16-11/h4-7,9-10,15H,8H2,1-3H3. The van der Waals surface area contributed by atoms with Crippen molar-refractivity contribution in [2.75, 3.05) is 0 Å². The number of pyridine rings is 1. The molecule has 92 valence electrons. The third kappa shape index (κ3) is 2.79. The van der Waals surface area contributed by atoms with Gasteiger partial charge in [-0.05, 0) is 32.9 Å². The van der Waals surface area contributed by atoms with Gasteiger partial charge in [-0.2, -0.15) is 0 Å². The van der Waals surface area contributed by atoms with Crippen molar-refractivity contribution in [1.82, 2.24) is 14.7 Å². The predicted octanol–water partition coefficient (Wildman–Crippen LogP) is 2.83. The summed E-state index contributed by atoms with van der Waals surface area (Å²) in [6.07, 6.45) is 4.04. The van der Waals surface area contributed by atoms with Crippen molar-refractivity contribution in [3.8, 4) is 0 Å². The number of imidazole rings is 1. The molecular weight excluding hydrogens is 234 g/mol. The maximum absolute atomic E-state index is 6.13. The Kier molecular flexibility index (Phi) is 3.40. The maximum Gasteiger partial charge on any atom is 0.137 e. The summed E-state index contributed by atoms with van der Waals surface area (Å²) in [6, 6.07) is 5.99. The monoisotopic (exact) mass is 251 g/mol. The van der Waals surface area contributed by atoms with E-state index >= 15 is 0 Å². The van der Waals surface area contributed by atoms with Crippen molar-refractivity contribution in [1.29, 1.82) is 0 Å². The summed E-state index contributed by atoms with van der Waals surface area (Å²) in [5.74, 6) is 0. The first kappa shape index (κ1) is 12.4. The zero-order chi connectivity index (χ0) is 12.5. The average molecular weight is 252 g/mol. The molecule has 4 heteroatoms. The largest absolute Gasteiger partial charge is 0.307 e. The molecule has 17 heavy (non-hydrogen) atoms. The van der Waals surface area contributed by atoms with E-state index in [1.165, 1.54) is 0 Å². The summed E-state index contributed by atoms with van der Waals surface area (Å²) >= 11 is 6.13. The summed E-state index contributed by atoms with van der Waals surface area (Å²) < 4.78 is 2.02. The van der Waals surface area contributed by atoms with Gasteiger partial charge in [0.1, 0.15) is 5.65 Å². The highest BCUT2D eigenvalue weighted by Crippen LogP contribution is 2.15. The van der Waals surface area contributed by atoms with Crippen LogP contribution in [0.15, 0.2) is 30.6 Å². The Labute approximate surface area is 107 Å². The number of nitrogens with one attached hydrogen (secondary N) is 1.